The number of hydrogen-bond donors (Lipinski definition) is 0. The lowest BCUT2D eigenvalue weighted by Gasteiger charge is -2.10. The SMILES string of the molecule is C=C(C)C(=O)Oc1ccc(Oc2cccc3c2OC(OCC)O3)cc1. The van der Waals surface area contributed by atoms with Crippen molar-refractivity contribution in [2.24, 2.45) is 0 Å². The van der Waals surface area contributed by atoms with E-state index in [1.54, 1.807) is 49.4 Å². The van der Waals surface area contributed by atoms with Gasteiger partial charge in [-0.2, -0.15) is 0 Å². The van der Waals surface area contributed by atoms with Crippen molar-refractivity contribution in [3.8, 4) is 28.7 Å². The molecule has 0 amide bonds. The molecule has 2 aromatic carbocycles. The molecule has 1 unspecified atom stereocenters. The highest BCUT2D eigenvalue weighted by Crippen LogP contribution is 2.44. The van der Waals surface area contributed by atoms with Crippen molar-refractivity contribution < 1.29 is 28.5 Å². The Morgan fingerprint density at radius 2 is 1.84 bits per heavy atom. The quantitative estimate of drug-likeness (QED) is 0.448. The van der Waals surface area contributed by atoms with E-state index in [9.17, 15) is 4.79 Å². The van der Waals surface area contributed by atoms with Gasteiger partial charge < -0.3 is 23.7 Å². The van der Waals surface area contributed by atoms with Crippen molar-refractivity contribution in [2.45, 2.75) is 20.3 Å². The molecule has 0 spiro atoms. The number of benzene rings is 2. The summed E-state index contributed by atoms with van der Waals surface area (Å²) >= 11 is 0. The largest absolute Gasteiger partial charge is 0.453 e. The van der Waals surface area contributed by atoms with Crippen molar-refractivity contribution in [1.82, 2.24) is 0 Å². The first-order chi connectivity index (χ1) is 12.1. The van der Waals surface area contributed by atoms with E-state index in [2.05, 4.69) is 6.58 Å². The van der Waals surface area contributed by atoms with Gasteiger partial charge in [-0.3, -0.25) is 0 Å². The smallest absolute Gasteiger partial charge is 0.361 e. The number of carbonyl (C=O) groups is 1. The Kier molecular flexibility index (Phi) is 4.90. The number of esters is 1. The standard InChI is InChI=1S/C19H18O6/c1-4-21-19-24-16-7-5-6-15(17(16)25-19)22-13-8-10-14(11-9-13)23-18(20)12(2)3/h5-11,19H,2,4H2,1,3H3. The van der Waals surface area contributed by atoms with Gasteiger partial charge in [-0.05, 0) is 50.2 Å². The average molecular weight is 342 g/mol. The molecule has 2 aromatic rings. The zero-order valence-corrected chi connectivity index (χ0v) is 14.0. The third-order valence-corrected chi connectivity index (χ3v) is 3.29. The van der Waals surface area contributed by atoms with Gasteiger partial charge in [-0.15, -0.1) is 0 Å². The van der Waals surface area contributed by atoms with E-state index in [0.29, 0.717) is 40.9 Å². The third kappa shape index (κ3) is 3.92. The Hall–Kier alpha value is -2.99. The number of hydrogen-bond acceptors (Lipinski definition) is 6. The molecule has 0 fully saturated rings. The van der Waals surface area contributed by atoms with Gasteiger partial charge in [0.2, 0.25) is 5.75 Å². The minimum Gasteiger partial charge on any atom is -0.453 e. The third-order valence-electron chi connectivity index (χ3n) is 3.29. The van der Waals surface area contributed by atoms with Gasteiger partial charge in [0.15, 0.2) is 11.5 Å². The average Bonchev–Trinajstić information content (AvgIpc) is 3.00. The van der Waals surface area contributed by atoms with Crippen LogP contribution < -0.4 is 18.9 Å². The summed E-state index contributed by atoms with van der Waals surface area (Å²) in [5.41, 5.74) is 0.334. The molecule has 3 rings (SSSR count). The molecule has 0 saturated carbocycles. The lowest BCUT2D eigenvalue weighted by atomic mass is 10.3. The fraction of sp³-hybridized carbons (Fsp3) is 0.211. The summed E-state index contributed by atoms with van der Waals surface area (Å²) in [5, 5.41) is 0. The van der Waals surface area contributed by atoms with E-state index in [1.165, 1.54) is 0 Å². The Morgan fingerprint density at radius 3 is 2.52 bits per heavy atom. The van der Waals surface area contributed by atoms with Crippen LogP contribution >= 0.6 is 0 Å². The Morgan fingerprint density at radius 1 is 1.12 bits per heavy atom. The van der Waals surface area contributed by atoms with Crippen LogP contribution in [0.3, 0.4) is 0 Å². The van der Waals surface area contributed by atoms with Gasteiger partial charge in [0.05, 0.1) is 6.61 Å². The van der Waals surface area contributed by atoms with E-state index in [0.717, 1.165) is 0 Å². The highest BCUT2D eigenvalue weighted by Gasteiger charge is 2.28. The molecule has 6 nitrogen and oxygen atoms in total. The highest BCUT2D eigenvalue weighted by atomic mass is 16.9. The molecule has 25 heavy (non-hydrogen) atoms. The number of fused-ring (bicyclic) bond motifs is 1. The van der Waals surface area contributed by atoms with Crippen molar-refractivity contribution in [3.05, 3.63) is 54.6 Å². The first-order valence-electron chi connectivity index (χ1n) is 7.80. The molecular formula is C19H18O6. The summed E-state index contributed by atoms with van der Waals surface area (Å²) in [7, 11) is 0. The van der Waals surface area contributed by atoms with Crippen LogP contribution in [-0.2, 0) is 9.53 Å². The summed E-state index contributed by atoms with van der Waals surface area (Å²) in [5.74, 6) is 2.05. The summed E-state index contributed by atoms with van der Waals surface area (Å²) in [6, 6.07) is 12.0. The minimum absolute atomic E-state index is 0.334. The first-order valence-corrected chi connectivity index (χ1v) is 7.80. The fourth-order valence-corrected chi connectivity index (χ4v) is 2.11. The Balaban J connectivity index is 1.71. The monoisotopic (exact) mass is 342 g/mol. The second-order valence-corrected chi connectivity index (χ2v) is 5.31. The van der Waals surface area contributed by atoms with E-state index >= 15 is 0 Å². The molecule has 6 heteroatoms. The molecule has 0 aromatic heterocycles. The lowest BCUT2D eigenvalue weighted by Crippen LogP contribution is -2.21. The van der Waals surface area contributed by atoms with Crippen LogP contribution in [-0.4, -0.2) is 19.1 Å². The van der Waals surface area contributed by atoms with Crippen molar-refractivity contribution in [1.29, 1.82) is 0 Å². The highest BCUT2D eigenvalue weighted by molar-refractivity contribution is 5.88. The maximum atomic E-state index is 11.5. The van der Waals surface area contributed by atoms with Crippen molar-refractivity contribution in [2.75, 3.05) is 6.61 Å². The topological polar surface area (TPSA) is 63.2 Å². The van der Waals surface area contributed by atoms with E-state index in [4.69, 9.17) is 23.7 Å². The molecule has 0 N–H and O–H groups in total. The number of carbonyl (C=O) groups excluding carboxylic acids is 1. The molecule has 1 heterocycles. The van der Waals surface area contributed by atoms with Crippen LogP contribution in [0.15, 0.2) is 54.6 Å². The predicted octanol–water partition coefficient (Wildman–Crippen LogP) is 4.05. The number of para-hydroxylation sites is 1. The van der Waals surface area contributed by atoms with Crippen molar-refractivity contribution in [3.63, 3.8) is 0 Å². The summed E-state index contributed by atoms with van der Waals surface area (Å²) in [4.78, 5) is 11.5. The van der Waals surface area contributed by atoms with Crippen LogP contribution in [0.1, 0.15) is 13.8 Å². The number of rotatable bonds is 6. The molecule has 0 saturated heterocycles. The van der Waals surface area contributed by atoms with Gasteiger partial charge in [0, 0.05) is 5.57 Å². The molecule has 1 atom stereocenters. The van der Waals surface area contributed by atoms with Crippen LogP contribution in [0.4, 0.5) is 0 Å². The number of ether oxygens (including phenoxy) is 5. The van der Waals surface area contributed by atoms with Gasteiger partial charge in [0.25, 0.3) is 0 Å². The lowest BCUT2D eigenvalue weighted by molar-refractivity contribution is -0.173. The molecule has 1 aliphatic heterocycles. The normalized spacial score (nSPS) is 14.9. The maximum Gasteiger partial charge on any atom is 0.361 e. The maximum absolute atomic E-state index is 11.5. The van der Waals surface area contributed by atoms with Crippen LogP contribution in [0.2, 0.25) is 0 Å². The van der Waals surface area contributed by atoms with Gasteiger partial charge in [0.1, 0.15) is 11.5 Å². The van der Waals surface area contributed by atoms with Crippen molar-refractivity contribution >= 4 is 5.97 Å². The fourth-order valence-electron chi connectivity index (χ4n) is 2.11. The van der Waals surface area contributed by atoms with Gasteiger partial charge in [-0.25, -0.2) is 4.79 Å². The van der Waals surface area contributed by atoms with Gasteiger partial charge >= 0.3 is 12.4 Å². The minimum atomic E-state index is -0.770. The van der Waals surface area contributed by atoms with E-state index in [1.807, 2.05) is 6.92 Å². The van der Waals surface area contributed by atoms with Crippen LogP contribution in [0.25, 0.3) is 0 Å². The zero-order valence-electron chi connectivity index (χ0n) is 14.0. The Labute approximate surface area is 145 Å². The molecule has 0 aliphatic carbocycles. The zero-order chi connectivity index (χ0) is 17.8. The molecular weight excluding hydrogens is 324 g/mol. The first kappa shape index (κ1) is 16.9. The molecule has 0 radical (unpaired) electrons. The molecule has 1 aliphatic rings. The Bertz CT molecular complexity index is 781. The molecule has 0 bridgehead atoms. The van der Waals surface area contributed by atoms with Gasteiger partial charge in [-0.1, -0.05) is 12.6 Å². The summed E-state index contributed by atoms with van der Waals surface area (Å²) in [6.45, 7) is 6.69. The van der Waals surface area contributed by atoms with E-state index in [-0.39, 0.29) is 0 Å². The summed E-state index contributed by atoms with van der Waals surface area (Å²) in [6.07, 6.45) is 0. The van der Waals surface area contributed by atoms with E-state index < -0.39 is 12.4 Å². The predicted molar refractivity (Wildman–Crippen MR) is 90.1 cm³/mol. The van der Waals surface area contributed by atoms with Crippen LogP contribution in [0.5, 0.6) is 28.7 Å². The van der Waals surface area contributed by atoms with Crippen LogP contribution in [0, 0.1) is 0 Å². The second kappa shape index (κ2) is 7.27. The summed E-state index contributed by atoms with van der Waals surface area (Å²) < 4.78 is 27.4. The second-order valence-electron chi connectivity index (χ2n) is 5.31. The molecule has 130 valence electrons.